The number of hydrogen-bond donors (Lipinski definition) is 1. The molecule has 4 rings (SSSR count). The van der Waals surface area contributed by atoms with Crippen molar-refractivity contribution in [2.24, 2.45) is 0 Å². The molecule has 4 aromatic rings. The first-order valence-corrected chi connectivity index (χ1v) is 10.6. The minimum Gasteiger partial charge on any atom is -0.294 e. The molecule has 0 aliphatic rings. The Kier molecular flexibility index (Phi) is 6.41. The van der Waals surface area contributed by atoms with Gasteiger partial charge in [0, 0.05) is 30.8 Å². The lowest BCUT2D eigenvalue weighted by Crippen LogP contribution is -2.25. The van der Waals surface area contributed by atoms with Crippen LogP contribution in [0.5, 0.6) is 0 Å². The third-order valence-electron chi connectivity index (χ3n) is 5.72. The molecule has 3 nitrogen and oxygen atoms in total. The quantitative estimate of drug-likeness (QED) is 0.400. The van der Waals surface area contributed by atoms with Gasteiger partial charge in [-0.05, 0) is 48.6 Å². The molecule has 0 aliphatic heterocycles. The zero-order chi connectivity index (χ0) is 20.8. The van der Waals surface area contributed by atoms with Crippen LogP contribution in [0.3, 0.4) is 0 Å². The van der Waals surface area contributed by atoms with Gasteiger partial charge in [0.05, 0.1) is 11.9 Å². The Hall–Kier alpha value is -3.17. The van der Waals surface area contributed by atoms with E-state index in [-0.39, 0.29) is 0 Å². The van der Waals surface area contributed by atoms with Gasteiger partial charge in [-0.25, -0.2) is 0 Å². The highest BCUT2D eigenvalue weighted by Gasteiger charge is 2.14. The maximum Gasteiger partial charge on any atom is 0.0695 e. The highest BCUT2D eigenvalue weighted by Crippen LogP contribution is 2.25. The molecule has 1 heterocycles. The lowest BCUT2D eigenvalue weighted by Gasteiger charge is -2.23. The van der Waals surface area contributed by atoms with Crippen LogP contribution >= 0.6 is 0 Å². The molecule has 0 unspecified atom stereocenters. The zero-order valence-electron chi connectivity index (χ0n) is 17.8. The van der Waals surface area contributed by atoms with E-state index in [0.717, 1.165) is 31.7 Å². The van der Waals surface area contributed by atoms with Gasteiger partial charge in [-0.1, -0.05) is 72.8 Å². The lowest BCUT2D eigenvalue weighted by molar-refractivity contribution is 0.260. The van der Waals surface area contributed by atoms with E-state index in [0.29, 0.717) is 0 Å². The SMILES string of the molecule is Cc1ccc(-c2[nH]ncc2CN(CCc2ccccc2)Cc2ccccc2)cc1C. The number of H-pyrrole nitrogens is 1. The second-order valence-electron chi connectivity index (χ2n) is 8.00. The molecule has 1 aromatic heterocycles. The van der Waals surface area contributed by atoms with E-state index in [2.05, 4.69) is 108 Å². The number of aromatic amines is 1. The molecule has 0 saturated heterocycles. The number of rotatable bonds is 8. The number of aromatic nitrogens is 2. The summed E-state index contributed by atoms with van der Waals surface area (Å²) in [5.41, 5.74) is 8.89. The molecule has 0 fully saturated rings. The molecule has 3 heteroatoms. The summed E-state index contributed by atoms with van der Waals surface area (Å²) in [4.78, 5) is 2.51. The minimum atomic E-state index is 0.862. The Bertz CT molecular complexity index is 1070. The van der Waals surface area contributed by atoms with Crippen molar-refractivity contribution in [2.75, 3.05) is 6.54 Å². The Morgan fingerprint density at radius 1 is 0.767 bits per heavy atom. The van der Waals surface area contributed by atoms with Gasteiger partial charge in [-0.3, -0.25) is 10.00 Å². The Balaban J connectivity index is 1.55. The number of nitrogens with one attached hydrogen (secondary N) is 1. The van der Waals surface area contributed by atoms with E-state index in [4.69, 9.17) is 0 Å². The first-order chi connectivity index (χ1) is 14.7. The van der Waals surface area contributed by atoms with Crippen molar-refractivity contribution in [1.29, 1.82) is 0 Å². The van der Waals surface area contributed by atoms with Crippen molar-refractivity contribution in [1.82, 2.24) is 15.1 Å². The molecule has 0 spiro atoms. The summed E-state index contributed by atoms with van der Waals surface area (Å²) in [6.45, 7) is 7.09. The molecular weight excluding hydrogens is 366 g/mol. The van der Waals surface area contributed by atoms with E-state index in [9.17, 15) is 0 Å². The predicted octanol–water partition coefficient (Wildman–Crippen LogP) is 5.94. The van der Waals surface area contributed by atoms with Crippen molar-refractivity contribution in [3.05, 3.63) is 113 Å². The summed E-state index contributed by atoms with van der Waals surface area (Å²) in [6.07, 6.45) is 3.01. The highest BCUT2D eigenvalue weighted by molar-refractivity contribution is 5.64. The summed E-state index contributed by atoms with van der Waals surface area (Å²) in [7, 11) is 0. The second kappa shape index (κ2) is 9.55. The van der Waals surface area contributed by atoms with Gasteiger partial charge >= 0.3 is 0 Å². The molecule has 30 heavy (non-hydrogen) atoms. The van der Waals surface area contributed by atoms with Crippen LogP contribution < -0.4 is 0 Å². The van der Waals surface area contributed by atoms with Gasteiger partial charge in [-0.15, -0.1) is 0 Å². The van der Waals surface area contributed by atoms with Crippen molar-refractivity contribution in [2.45, 2.75) is 33.4 Å². The summed E-state index contributed by atoms with van der Waals surface area (Å²) >= 11 is 0. The smallest absolute Gasteiger partial charge is 0.0695 e. The fourth-order valence-corrected chi connectivity index (χ4v) is 3.81. The fraction of sp³-hybridized carbons (Fsp3) is 0.222. The monoisotopic (exact) mass is 395 g/mol. The van der Waals surface area contributed by atoms with Crippen LogP contribution in [-0.4, -0.2) is 21.6 Å². The Morgan fingerprint density at radius 3 is 2.17 bits per heavy atom. The van der Waals surface area contributed by atoms with Crippen LogP contribution in [0.15, 0.2) is 85.1 Å². The molecule has 0 aliphatic carbocycles. The maximum absolute atomic E-state index is 4.38. The molecule has 0 saturated carbocycles. The average molecular weight is 396 g/mol. The first kappa shape index (κ1) is 20.1. The number of hydrogen-bond acceptors (Lipinski definition) is 2. The summed E-state index contributed by atoms with van der Waals surface area (Å²) in [6, 6.07) is 28.1. The molecule has 3 aromatic carbocycles. The molecular formula is C27H29N3. The summed E-state index contributed by atoms with van der Waals surface area (Å²) < 4.78 is 0. The lowest BCUT2D eigenvalue weighted by atomic mass is 10.0. The van der Waals surface area contributed by atoms with Crippen LogP contribution in [0.1, 0.15) is 27.8 Å². The van der Waals surface area contributed by atoms with Crippen LogP contribution in [-0.2, 0) is 19.5 Å². The first-order valence-electron chi connectivity index (χ1n) is 10.6. The van der Waals surface area contributed by atoms with Gasteiger partial charge in [0.15, 0.2) is 0 Å². The molecule has 152 valence electrons. The number of nitrogens with zero attached hydrogens (tertiary/aromatic N) is 2. The van der Waals surface area contributed by atoms with Crippen molar-refractivity contribution in [3.8, 4) is 11.3 Å². The highest BCUT2D eigenvalue weighted by atomic mass is 15.1. The third kappa shape index (κ3) is 5.05. The third-order valence-corrected chi connectivity index (χ3v) is 5.72. The number of aryl methyl sites for hydroxylation is 2. The van der Waals surface area contributed by atoms with E-state index in [1.807, 2.05) is 6.20 Å². The van der Waals surface area contributed by atoms with E-state index >= 15 is 0 Å². The molecule has 0 radical (unpaired) electrons. The van der Waals surface area contributed by atoms with Gasteiger partial charge in [0.2, 0.25) is 0 Å². The summed E-state index contributed by atoms with van der Waals surface area (Å²) in [5.74, 6) is 0. The zero-order valence-corrected chi connectivity index (χ0v) is 17.8. The van der Waals surface area contributed by atoms with Crippen molar-refractivity contribution < 1.29 is 0 Å². The van der Waals surface area contributed by atoms with Gasteiger partial charge < -0.3 is 0 Å². The van der Waals surface area contributed by atoms with Crippen molar-refractivity contribution >= 4 is 0 Å². The fourth-order valence-electron chi connectivity index (χ4n) is 3.81. The predicted molar refractivity (Wildman–Crippen MR) is 124 cm³/mol. The van der Waals surface area contributed by atoms with E-state index < -0.39 is 0 Å². The molecule has 0 atom stereocenters. The molecule has 0 bridgehead atoms. The number of benzene rings is 3. The normalized spacial score (nSPS) is 11.2. The van der Waals surface area contributed by atoms with Crippen molar-refractivity contribution in [3.63, 3.8) is 0 Å². The summed E-state index contributed by atoms with van der Waals surface area (Å²) in [5, 5.41) is 7.61. The van der Waals surface area contributed by atoms with Gasteiger partial charge in [0.25, 0.3) is 0 Å². The van der Waals surface area contributed by atoms with Gasteiger partial charge in [0.1, 0.15) is 0 Å². The molecule has 1 N–H and O–H groups in total. The van der Waals surface area contributed by atoms with Gasteiger partial charge in [-0.2, -0.15) is 5.10 Å². The van der Waals surface area contributed by atoms with E-state index in [1.54, 1.807) is 0 Å². The standard InChI is InChI=1S/C27H29N3/c1-21-13-14-25(17-22(21)2)27-26(18-28-29-27)20-30(19-24-11-7-4-8-12-24)16-15-23-9-5-3-6-10-23/h3-14,17-18H,15-16,19-20H2,1-2H3,(H,28,29). The Labute approximate surface area is 179 Å². The second-order valence-corrected chi connectivity index (χ2v) is 8.00. The topological polar surface area (TPSA) is 31.9 Å². The van der Waals surface area contributed by atoms with Crippen LogP contribution in [0.25, 0.3) is 11.3 Å². The van der Waals surface area contributed by atoms with Crippen LogP contribution in [0, 0.1) is 13.8 Å². The minimum absolute atomic E-state index is 0.862. The molecule has 0 amide bonds. The van der Waals surface area contributed by atoms with Crippen LogP contribution in [0.2, 0.25) is 0 Å². The van der Waals surface area contributed by atoms with Crippen LogP contribution in [0.4, 0.5) is 0 Å². The largest absolute Gasteiger partial charge is 0.294 e. The maximum atomic E-state index is 4.38. The van der Waals surface area contributed by atoms with E-state index in [1.165, 1.54) is 33.4 Å². The average Bonchev–Trinajstić information content (AvgIpc) is 3.23. The Morgan fingerprint density at radius 2 is 1.47 bits per heavy atom.